The summed E-state index contributed by atoms with van der Waals surface area (Å²) in [6.45, 7) is 1.35. The second kappa shape index (κ2) is 10.5. The van der Waals surface area contributed by atoms with Gasteiger partial charge in [0.05, 0.1) is 30.8 Å². The molecule has 0 amide bonds. The Morgan fingerprint density at radius 2 is 2.08 bits per heavy atom. The van der Waals surface area contributed by atoms with Crippen LogP contribution in [0.15, 0.2) is 48.8 Å². The van der Waals surface area contributed by atoms with E-state index in [2.05, 4.69) is 20.9 Å². The maximum Gasteiger partial charge on any atom is 0.308 e. The number of pyridine rings is 2. The van der Waals surface area contributed by atoms with E-state index < -0.39 is 23.8 Å². The first-order valence-electron chi connectivity index (χ1n) is 12.6. The number of aliphatic hydroxyl groups excluding tert-OH is 1. The highest BCUT2D eigenvalue weighted by molar-refractivity contribution is 5.84. The molecular formula is C28H32FN3O4. The van der Waals surface area contributed by atoms with Crippen molar-refractivity contribution < 1.29 is 24.1 Å². The molecule has 2 fully saturated rings. The van der Waals surface area contributed by atoms with Crippen molar-refractivity contribution in [3.05, 3.63) is 65.9 Å². The molecule has 1 saturated heterocycles. The lowest BCUT2D eigenvalue weighted by Crippen LogP contribution is -2.52. The Balaban J connectivity index is 1.22. The molecule has 0 radical (unpaired) electrons. The van der Waals surface area contributed by atoms with Crippen LogP contribution in [0.2, 0.25) is 0 Å². The first-order valence-corrected chi connectivity index (χ1v) is 12.6. The Labute approximate surface area is 209 Å². The van der Waals surface area contributed by atoms with Gasteiger partial charge in [-0.3, -0.25) is 19.7 Å². The van der Waals surface area contributed by atoms with Gasteiger partial charge in [0.15, 0.2) is 0 Å². The van der Waals surface area contributed by atoms with Crippen molar-refractivity contribution in [2.45, 2.75) is 50.2 Å². The number of halogens is 1. The molecular weight excluding hydrogens is 461 g/mol. The van der Waals surface area contributed by atoms with Gasteiger partial charge in [-0.2, -0.15) is 0 Å². The quantitative estimate of drug-likeness (QED) is 0.475. The van der Waals surface area contributed by atoms with Crippen molar-refractivity contribution in [1.29, 1.82) is 0 Å². The number of likely N-dealkylation sites (tertiary alicyclic amines) is 1. The van der Waals surface area contributed by atoms with Gasteiger partial charge in [0, 0.05) is 41.3 Å². The molecule has 36 heavy (non-hydrogen) atoms. The third-order valence-electron chi connectivity index (χ3n) is 8.05. The Morgan fingerprint density at radius 3 is 2.81 bits per heavy atom. The topological polar surface area (TPSA) is 95.8 Å². The van der Waals surface area contributed by atoms with Crippen LogP contribution in [0.5, 0.6) is 5.75 Å². The van der Waals surface area contributed by atoms with E-state index in [0.29, 0.717) is 41.6 Å². The first-order chi connectivity index (χ1) is 17.4. The van der Waals surface area contributed by atoms with Crippen molar-refractivity contribution >= 4 is 16.9 Å². The monoisotopic (exact) mass is 493 g/mol. The standard InChI is InChI=1S/C28H32FN3O4/c1-36-20-6-7-25-21(14-20)27(23(29)15-31-25)26(33)8-5-17-9-11-32(16-22(17)28(34)35)19-12-18(13-19)24-4-2-3-10-30-24/h2-4,6-7,10,14-15,17-19,22,26,33H,5,8-9,11-13,16H2,1H3,(H,34,35)/t17-,18?,19?,22+,26+/m1/s1. The van der Waals surface area contributed by atoms with Gasteiger partial charge < -0.3 is 14.9 Å². The van der Waals surface area contributed by atoms with Crippen LogP contribution < -0.4 is 4.74 Å². The van der Waals surface area contributed by atoms with Gasteiger partial charge in [-0.05, 0) is 74.9 Å². The van der Waals surface area contributed by atoms with E-state index >= 15 is 0 Å². The largest absolute Gasteiger partial charge is 0.497 e. The minimum atomic E-state index is -1.05. The van der Waals surface area contributed by atoms with E-state index in [0.717, 1.165) is 37.7 Å². The minimum Gasteiger partial charge on any atom is -0.497 e. The van der Waals surface area contributed by atoms with Crippen molar-refractivity contribution in [2.75, 3.05) is 20.2 Å². The van der Waals surface area contributed by atoms with E-state index in [9.17, 15) is 19.4 Å². The highest BCUT2D eigenvalue weighted by Gasteiger charge is 2.41. The van der Waals surface area contributed by atoms with Crippen LogP contribution in [0.25, 0.3) is 10.9 Å². The average Bonchev–Trinajstić information content (AvgIpc) is 2.86. The maximum atomic E-state index is 14.7. The van der Waals surface area contributed by atoms with E-state index in [1.165, 1.54) is 7.11 Å². The van der Waals surface area contributed by atoms with Crippen LogP contribution in [0, 0.1) is 17.7 Å². The predicted octanol–water partition coefficient (Wildman–Crippen LogP) is 4.56. The molecule has 7 nitrogen and oxygen atoms in total. The molecule has 0 spiro atoms. The summed E-state index contributed by atoms with van der Waals surface area (Å²) in [6, 6.07) is 11.5. The average molecular weight is 494 g/mol. The third-order valence-corrected chi connectivity index (χ3v) is 8.05. The number of aromatic nitrogens is 2. The molecule has 0 bridgehead atoms. The molecule has 2 aromatic heterocycles. The minimum absolute atomic E-state index is 0.0641. The fourth-order valence-corrected chi connectivity index (χ4v) is 5.88. The molecule has 2 aliphatic rings. The summed E-state index contributed by atoms with van der Waals surface area (Å²) in [5, 5.41) is 21.5. The number of carbonyl (C=O) groups is 1. The van der Waals surface area contributed by atoms with E-state index in [-0.39, 0.29) is 17.9 Å². The molecule has 3 atom stereocenters. The lowest BCUT2D eigenvalue weighted by molar-refractivity contribution is -0.147. The van der Waals surface area contributed by atoms with E-state index in [1.807, 2.05) is 18.3 Å². The van der Waals surface area contributed by atoms with Crippen LogP contribution in [-0.2, 0) is 4.79 Å². The molecule has 5 rings (SSSR count). The van der Waals surface area contributed by atoms with Crippen LogP contribution in [0.1, 0.15) is 55.4 Å². The summed E-state index contributed by atoms with van der Waals surface area (Å²) in [4.78, 5) is 23.1. The zero-order valence-electron chi connectivity index (χ0n) is 20.4. The summed E-state index contributed by atoms with van der Waals surface area (Å²) < 4.78 is 20.0. The number of aliphatic carboxylic acids is 1. The van der Waals surface area contributed by atoms with Crippen LogP contribution in [0.4, 0.5) is 4.39 Å². The maximum absolute atomic E-state index is 14.7. The number of aliphatic hydroxyl groups is 1. The van der Waals surface area contributed by atoms with E-state index in [4.69, 9.17) is 4.74 Å². The summed E-state index contributed by atoms with van der Waals surface area (Å²) in [5.74, 6) is -0.936. The Bertz CT molecular complexity index is 1220. The molecule has 8 heteroatoms. The molecule has 3 heterocycles. The van der Waals surface area contributed by atoms with Crippen LogP contribution in [0.3, 0.4) is 0 Å². The number of carboxylic acids is 1. The van der Waals surface area contributed by atoms with Crippen LogP contribution >= 0.6 is 0 Å². The molecule has 1 aliphatic heterocycles. The molecule has 3 aromatic rings. The number of carboxylic acid groups (broad SMARTS) is 1. The fraction of sp³-hybridized carbons (Fsp3) is 0.464. The number of fused-ring (bicyclic) bond motifs is 1. The zero-order chi connectivity index (χ0) is 25.2. The SMILES string of the molecule is COc1ccc2ncc(F)c([C@@H](O)CC[C@@H]3CCN(C4CC(c5ccccn5)C4)C[C@@H]3C(=O)O)c2c1. The highest BCUT2D eigenvalue weighted by Crippen LogP contribution is 2.42. The third kappa shape index (κ3) is 4.92. The number of piperidine rings is 1. The second-order valence-corrected chi connectivity index (χ2v) is 10.1. The van der Waals surface area contributed by atoms with Gasteiger partial charge in [0.1, 0.15) is 11.6 Å². The van der Waals surface area contributed by atoms with Crippen LogP contribution in [-0.4, -0.2) is 57.3 Å². The number of rotatable bonds is 8. The van der Waals surface area contributed by atoms with Gasteiger partial charge >= 0.3 is 5.97 Å². The van der Waals surface area contributed by atoms with Crippen molar-refractivity contribution in [3.8, 4) is 5.75 Å². The molecule has 0 unspecified atom stereocenters. The molecule has 1 saturated carbocycles. The zero-order valence-corrected chi connectivity index (χ0v) is 20.4. The van der Waals surface area contributed by atoms with Gasteiger partial charge in [0.2, 0.25) is 0 Å². The Morgan fingerprint density at radius 1 is 1.25 bits per heavy atom. The summed E-state index contributed by atoms with van der Waals surface area (Å²) in [7, 11) is 1.53. The first kappa shape index (κ1) is 24.6. The van der Waals surface area contributed by atoms with Gasteiger partial charge in [-0.25, -0.2) is 4.39 Å². The lowest BCUT2D eigenvalue weighted by Gasteiger charge is -2.47. The summed E-state index contributed by atoms with van der Waals surface area (Å²) in [6.07, 6.45) is 5.45. The molecule has 190 valence electrons. The fourth-order valence-electron chi connectivity index (χ4n) is 5.88. The predicted molar refractivity (Wildman–Crippen MR) is 133 cm³/mol. The second-order valence-electron chi connectivity index (χ2n) is 10.1. The number of ether oxygens (including phenoxy) is 1. The van der Waals surface area contributed by atoms with Gasteiger partial charge in [0.25, 0.3) is 0 Å². The van der Waals surface area contributed by atoms with Gasteiger partial charge in [-0.1, -0.05) is 6.07 Å². The van der Waals surface area contributed by atoms with E-state index in [1.54, 1.807) is 18.2 Å². The number of nitrogens with zero attached hydrogens (tertiary/aromatic N) is 3. The van der Waals surface area contributed by atoms with Crippen molar-refractivity contribution in [2.24, 2.45) is 11.8 Å². The molecule has 2 N–H and O–H groups in total. The normalized spacial score (nSPS) is 25.3. The van der Waals surface area contributed by atoms with Crippen molar-refractivity contribution in [1.82, 2.24) is 14.9 Å². The van der Waals surface area contributed by atoms with Gasteiger partial charge in [-0.15, -0.1) is 0 Å². The smallest absolute Gasteiger partial charge is 0.308 e. The molecule has 1 aromatic carbocycles. The number of hydrogen-bond acceptors (Lipinski definition) is 6. The Kier molecular flexibility index (Phi) is 7.16. The summed E-state index contributed by atoms with van der Waals surface area (Å²) >= 11 is 0. The van der Waals surface area contributed by atoms with Crippen molar-refractivity contribution in [3.63, 3.8) is 0 Å². The number of hydrogen-bond donors (Lipinski definition) is 2. The molecule has 1 aliphatic carbocycles. The number of benzene rings is 1. The summed E-state index contributed by atoms with van der Waals surface area (Å²) in [5.41, 5.74) is 1.88. The Hall–Kier alpha value is -3.10. The number of methoxy groups -OCH3 is 1. The highest BCUT2D eigenvalue weighted by atomic mass is 19.1. The lowest BCUT2D eigenvalue weighted by atomic mass is 9.74.